The lowest BCUT2D eigenvalue weighted by molar-refractivity contribution is -0.132. The topological polar surface area (TPSA) is 66.6 Å². The zero-order valence-electron chi connectivity index (χ0n) is 23.6. The van der Waals surface area contributed by atoms with Gasteiger partial charge in [0.05, 0.1) is 0 Å². The van der Waals surface area contributed by atoms with Crippen molar-refractivity contribution in [2.75, 3.05) is 32.7 Å². The summed E-state index contributed by atoms with van der Waals surface area (Å²) in [6, 6.07) is 17.6. The van der Waals surface area contributed by atoms with E-state index in [2.05, 4.69) is 37.3 Å². The average Bonchev–Trinajstić information content (AvgIpc) is 2.96. The first-order valence-electron chi connectivity index (χ1n) is 14.8. The van der Waals surface area contributed by atoms with Crippen molar-refractivity contribution in [3.63, 3.8) is 0 Å². The quantitative estimate of drug-likeness (QED) is 0.238. The second-order valence-corrected chi connectivity index (χ2v) is 11.2. The van der Waals surface area contributed by atoms with Crippen LogP contribution in [0.5, 0.6) is 0 Å². The van der Waals surface area contributed by atoms with Crippen molar-refractivity contribution < 1.29 is 9.59 Å². The third kappa shape index (κ3) is 10.8. The number of amides is 2. The number of benzene rings is 2. The molecule has 0 radical (unpaired) electrons. The van der Waals surface area contributed by atoms with Gasteiger partial charge in [-0.2, -0.15) is 0 Å². The van der Waals surface area contributed by atoms with Gasteiger partial charge in [0.2, 0.25) is 5.91 Å². The Morgan fingerprint density at radius 2 is 1.64 bits per heavy atom. The Labute approximate surface area is 240 Å². The highest BCUT2D eigenvalue weighted by atomic mass is 35.5. The van der Waals surface area contributed by atoms with Crippen molar-refractivity contribution in [3.05, 3.63) is 76.3 Å². The summed E-state index contributed by atoms with van der Waals surface area (Å²) in [6.07, 6.45) is 12.0. The molecule has 1 heterocycles. The van der Waals surface area contributed by atoms with Gasteiger partial charge in [0, 0.05) is 43.2 Å². The Bertz CT molecular complexity index is 1030. The minimum Gasteiger partial charge on any atom is -0.343 e. The van der Waals surface area contributed by atoms with Crippen LogP contribution in [0.4, 0.5) is 0 Å². The number of carbonyl (C=O) groups excluding carboxylic acids is 2. The van der Waals surface area contributed by atoms with E-state index in [1.165, 1.54) is 17.6 Å². The van der Waals surface area contributed by atoms with Crippen molar-refractivity contribution >= 4 is 29.5 Å². The molecule has 212 valence electrons. The number of unbranched alkanes of at least 4 members (excludes halogenated alkanes) is 4. The van der Waals surface area contributed by atoms with Crippen LogP contribution < -0.4 is 5.73 Å². The number of nitrogens with two attached hydrogens (primary N) is 1. The second-order valence-electron chi connectivity index (χ2n) is 10.8. The van der Waals surface area contributed by atoms with Gasteiger partial charge in [-0.25, -0.2) is 0 Å². The minimum absolute atomic E-state index is 0.0412. The third-order valence-corrected chi connectivity index (χ3v) is 7.84. The predicted molar refractivity (Wildman–Crippen MR) is 163 cm³/mol. The molecule has 0 atom stereocenters. The third-order valence-electron chi connectivity index (χ3n) is 7.58. The van der Waals surface area contributed by atoms with E-state index >= 15 is 0 Å². The lowest BCUT2D eigenvalue weighted by Gasteiger charge is -2.35. The number of likely N-dealkylation sites (tertiary alicyclic amines) is 1. The summed E-state index contributed by atoms with van der Waals surface area (Å²) in [5.41, 5.74) is 8.69. The average molecular weight is 552 g/mol. The highest BCUT2D eigenvalue weighted by Gasteiger charge is 2.26. The molecule has 0 saturated carbocycles. The number of hydrogen-bond acceptors (Lipinski definition) is 3. The summed E-state index contributed by atoms with van der Waals surface area (Å²) in [7, 11) is 0. The summed E-state index contributed by atoms with van der Waals surface area (Å²) in [5, 5.41) is 0.627. The van der Waals surface area contributed by atoms with Gasteiger partial charge in [-0.1, -0.05) is 79.8 Å². The monoisotopic (exact) mass is 551 g/mol. The summed E-state index contributed by atoms with van der Waals surface area (Å²) in [4.78, 5) is 30.5. The molecule has 0 aliphatic carbocycles. The van der Waals surface area contributed by atoms with Crippen LogP contribution >= 0.6 is 11.6 Å². The van der Waals surface area contributed by atoms with Crippen LogP contribution in [-0.2, 0) is 4.79 Å². The molecule has 1 fully saturated rings. The highest BCUT2D eigenvalue weighted by molar-refractivity contribution is 6.30. The lowest BCUT2D eigenvalue weighted by atomic mass is 9.94. The molecule has 0 spiro atoms. The number of piperidine rings is 1. The molecular formula is C33H46ClN3O2. The summed E-state index contributed by atoms with van der Waals surface area (Å²) in [5.74, 6) is 0.666. The number of halogens is 1. The molecular weight excluding hydrogens is 506 g/mol. The number of nitrogens with zero attached hydrogens (tertiary/aromatic N) is 2. The van der Waals surface area contributed by atoms with Gasteiger partial charge in [0.15, 0.2) is 0 Å². The first-order chi connectivity index (χ1) is 19.0. The van der Waals surface area contributed by atoms with Crippen LogP contribution in [0.1, 0.15) is 87.1 Å². The van der Waals surface area contributed by atoms with Crippen LogP contribution in [0.2, 0.25) is 5.02 Å². The normalized spacial score (nSPS) is 14.4. The number of carbonyl (C=O) groups is 2. The molecule has 6 heteroatoms. The Hall–Kier alpha value is -2.63. The smallest absolute Gasteiger partial charge is 0.254 e. The van der Waals surface area contributed by atoms with Gasteiger partial charge in [-0.05, 0) is 80.8 Å². The molecule has 2 aromatic carbocycles. The van der Waals surface area contributed by atoms with E-state index in [1.807, 2.05) is 28.0 Å². The van der Waals surface area contributed by atoms with Gasteiger partial charge < -0.3 is 15.5 Å². The van der Waals surface area contributed by atoms with Crippen LogP contribution in [0.25, 0.3) is 6.08 Å². The zero-order valence-corrected chi connectivity index (χ0v) is 24.4. The molecule has 0 bridgehead atoms. The maximum atomic E-state index is 13.8. The maximum Gasteiger partial charge on any atom is 0.254 e. The van der Waals surface area contributed by atoms with E-state index in [1.54, 1.807) is 12.1 Å². The van der Waals surface area contributed by atoms with E-state index in [4.69, 9.17) is 17.3 Å². The maximum absolute atomic E-state index is 13.8. The van der Waals surface area contributed by atoms with Gasteiger partial charge in [-0.15, -0.1) is 0 Å². The van der Waals surface area contributed by atoms with Gasteiger partial charge in [0.1, 0.15) is 0 Å². The van der Waals surface area contributed by atoms with Crippen LogP contribution in [-0.4, -0.2) is 54.3 Å². The molecule has 2 aromatic rings. The first kappa shape index (κ1) is 30.9. The largest absolute Gasteiger partial charge is 0.343 e. The first-order valence-corrected chi connectivity index (χ1v) is 15.1. The Balaban J connectivity index is 1.71. The summed E-state index contributed by atoms with van der Waals surface area (Å²) >= 11 is 6.11. The van der Waals surface area contributed by atoms with E-state index in [0.717, 1.165) is 64.5 Å². The molecule has 1 aliphatic rings. The summed E-state index contributed by atoms with van der Waals surface area (Å²) < 4.78 is 0. The van der Waals surface area contributed by atoms with E-state index in [9.17, 15) is 9.59 Å². The Morgan fingerprint density at radius 3 is 2.31 bits per heavy atom. The molecule has 3 rings (SSSR count). The SMILES string of the molecule is CCCCCC(=Cc1ccccc1)CN(CC1CCN(C(=O)CCCCCN)CC1)C(=O)c1ccc(Cl)cc1. The standard InChI is InChI=1S/C33H46ClN3O2/c1-2-3-6-13-29(24-27-11-7-4-8-12-27)26-37(33(39)30-15-17-31(34)18-16-30)25-28-19-22-36(23-20-28)32(38)14-9-5-10-21-35/h4,7-8,11-12,15-18,24,28H,2-3,5-6,9-10,13-14,19-23,25-26,35H2,1H3. The zero-order chi connectivity index (χ0) is 27.9. The van der Waals surface area contributed by atoms with Crippen molar-refractivity contribution in [1.29, 1.82) is 0 Å². The highest BCUT2D eigenvalue weighted by Crippen LogP contribution is 2.24. The van der Waals surface area contributed by atoms with Crippen LogP contribution in [0.3, 0.4) is 0 Å². The summed E-state index contributed by atoms with van der Waals surface area (Å²) in [6.45, 7) is 5.75. The molecule has 39 heavy (non-hydrogen) atoms. The number of hydrogen-bond donors (Lipinski definition) is 1. The molecule has 2 amide bonds. The van der Waals surface area contributed by atoms with Crippen molar-refractivity contribution in [2.45, 2.75) is 71.1 Å². The Kier molecular flexibility index (Phi) is 13.6. The molecule has 5 nitrogen and oxygen atoms in total. The number of rotatable bonds is 15. The molecule has 0 unspecified atom stereocenters. The van der Waals surface area contributed by atoms with Gasteiger partial charge >= 0.3 is 0 Å². The van der Waals surface area contributed by atoms with Crippen LogP contribution in [0, 0.1) is 5.92 Å². The molecule has 1 saturated heterocycles. The van der Waals surface area contributed by atoms with E-state index in [0.29, 0.717) is 42.6 Å². The van der Waals surface area contributed by atoms with Gasteiger partial charge in [0.25, 0.3) is 5.91 Å². The lowest BCUT2D eigenvalue weighted by Crippen LogP contribution is -2.43. The molecule has 1 aliphatic heterocycles. The second kappa shape index (κ2) is 17.1. The molecule has 0 aromatic heterocycles. The fourth-order valence-corrected chi connectivity index (χ4v) is 5.38. The fraction of sp³-hybridized carbons (Fsp3) is 0.515. The van der Waals surface area contributed by atoms with Crippen LogP contribution in [0.15, 0.2) is 60.2 Å². The molecule has 2 N–H and O–H groups in total. The van der Waals surface area contributed by atoms with Crippen molar-refractivity contribution in [3.8, 4) is 0 Å². The van der Waals surface area contributed by atoms with Crippen molar-refractivity contribution in [2.24, 2.45) is 11.7 Å². The predicted octanol–water partition coefficient (Wildman–Crippen LogP) is 7.20. The van der Waals surface area contributed by atoms with Gasteiger partial charge in [-0.3, -0.25) is 9.59 Å². The van der Waals surface area contributed by atoms with E-state index in [-0.39, 0.29) is 11.8 Å². The Morgan fingerprint density at radius 1 is 0.949 bits per heavy atom. The van der Waals surface area contributed by atoms with E-state index < -0.39 is 0 Å². The fourth-order valence-electron chi connectivity index (χ4n) is 5.26. The minimum atomic E-state index is 0.0412. The van der Waals surface area contributed by atoms with Crippen molar-refractivity contribution in [1.82, 2.24) is 9.80 Å².